The highest BCUT2D eigenvalue weighted by Crippen LogP contribution is 2.10. The van der Waals surface area contributed by atoms with Crippen LogP contribution in [0, 0.1) is 13.8 Å². The number of nitrogens with zero attached hydrogens (tertiary/aromatic N) is 3. The molecule has 0 amide bonds. The summed E-state index contributed by atoms with van der Waals surface area (Å²) in [7, 11) is 2.08. The van der Waals surface area contributed by atoms with E-state index in [4.69, 9.17) is 4.99 Å². The number of hydrogen-bond acceptors (Lipinski definition) is 3. The molecule has 1 aromatic carbocycles. The maximum Gasteiger partial charge on any atom is 0.193 e. The summed E-state index contributed by atoms with van der Waals surface area (Å²) in [6.07, 6.45) is 0.886. The van der Waals surface area contributed by atoms with Crippen molar-refractivity contribution < 1.29 is 0 Å². The van der Waals surface area contributed by atoms with Crippen LogP contribution in [-0.2, 0) is 13.0 Å². The molecule has 0 saturated carbocycles. The minimum absolute atomic E-state index is 0. The second-order valence-electron chi connectivity index (χ2n) is 5.63. The number of nitrogens with one attached hydrogen (secondary N) is 1. The van der Waals surface area contributed by atoms with Gasteiger partial charge in [0, 0.05) is 38.5 Å². The number of aromatic nitrogens is 1. The van der Waals surface area contributed by atoms with Crippen molar-refractivity contribution in [2.75, 3.05) is 20.1 Å². The zero-order chi connectivity index (χ0) is 16.7. The van der Waals surface area contributed by atoms with E-state index >= 15 is 0 Å². The summed E-state index contributed by atoms with van der Waals surface area (Å²) in [6.45, 7) is 8.76. The summed E-state index contributed by atoms with van der Waals surface area (Å²) in [6, 6.07) is 8.49. The lowest BCUT2D eigenvalue weighted by molar-refractivity contribution is 0.475. The molecule has 1 aromatic heterocycles. The van der Waals surface area contributed by atoms with Crippen molar-refractivity contribution in [1.82, 2.24) is 15.2 Å². The summed E-state index contributed by atoms with van der Waals surface area (Å²) < 4.78 is 0. The molecule has 0 spiro atoms. The van der Waals surface area contributed by atoms with Gasteiger partial charge in [0.05, 0.1) is 10.7 Å². The van der Waals surface area contributed by atoms with Gasteiger partial charge in [-0.3, -0.25) is 4.99 Å². The third kappa shape index (κ3) is 6.39. The van der Waals surface area contributed by atoms with Gasteiger partial charge >= 0.3 is 0 Å². The Kier molecular flexibility index (Phi) is 9.28. The molecule has 6 heteroatoms. The topological polar surface area (TPSA) is 40.5 Å². The maximum atomic E-state index is 4.74. The van der Waals surface area contributed by atoms with Gasteiger partial charge in [-0.1, -0.05) is 24.3 Å². The Bertz CT molecular complexity index is 654. The Morgan fingerprint density at radius 2 is 2.04 bits per heavy atom. The van der Waals surface area contributed by atoms with Crippen molar-refractivity contribution in [2.45, 2.75) is 33.7 Å². The summed E-state index contributed by atoms with van der Waals surface area (Å²) in [4.78, 5) is 11.4. The molecule has 0 aliphatic carbocycles. The number of aryl methyl sites for hydroxylation is 2. The molecule has 1 N–H and O–H groups in total. The largest absolute Gasteiger partial charge is 0.357 e. The van der Waals surface area contributed by atoms with Crippen LogP contribution in [0.15, 0.2) is 34.6 Å². The average Bonchev–Trinajstić information content (AvgIpc) is 2.94. The van der Waals surface area contributed by atoms with Gasteiger partial charge in [0.1, 0.15) is 0 Å². The molecule has 0 bridgehead atoms. The average molecular weight is 458 g/mol. The van der Waals surface area contributed by atoms with E-state index < -0.39 is 0 Å². The fourth-order valence-electron chi connectivity index (χ4n) is 2.39. The molecule has 4 nitrogen and oxygen atoms in total. The number of aliphatic imine (C=N–C) groups is 1. The molecule has 0 fully saturated rings. The summed E-state index contributed by atoms with van der Waals surface area (Å²) in [5.74, 6) is 0.947. The smallest absolute Gasteiger partial charge is 0.193 e. The Morgan fingerprint density at radius 3 is 2.67 bits per heavy atom. The Hall–Kier alpha value is -1.15. The number of hydrogen-bond donors (Lipinski definition) is 1. The van der Waals surface area contributed by atoms with Crippen molar-refractivity contribution in [2.24, 2.45) is 4.99 Å². The van der Waals surface area contributed by atoms with Crippen LogP contribution in [0.5, 0.6) is 0 Å². The fraction of sp³-hybridized carbons (Fsp3) is 0.444. The van der Waals surface area contributed by atoms with Crippen LogP contribution in [0.25, 0.3) is 0 Å². The van der Waals surface area contributed by atoms with Crippen molar-refractivity contribution in [3.8, 4) is 0 Å². The third-order valence-corrected chi connectivity index (χ3v) is 4.48. The Labute approximate surface area is 166 Å². The first-order chi connectivity index (χ1) is 11.1. The molecule has 1 heterocycles. The zero-order valence-electron chi connectivity index (χ0n) is 14.9. The van der Waals surface area contributed by atoms with Crippen molar-refractivity contribution in [1.29, 1.82) is 0 Å². The van der Waals surface area contributed by atoms with Gasteiger partial charge in [-0.25, -0.2) is 4.98 Å². The first-order valence-electron chi connectivity index (χ1n) is 8.05. The highest BCUT2D eigenvalue weighted by molar-refractivity contribution is 14.0. The second kappa shape index (κ2) is 10.7. The Morgan fingerprint density at radius 1 is 1.29 bits per heavy atom. The monoisotopic (exact) mass is 458 g/mol. The fourth-order valence-corrected chi connectivity index (χ4v) is 3.03. The lowest BCUT2D eigenvalue weighted by Gasteiger charge is -2.23. The predicted octanol–water partition coefficient (Wildman–Crippen LogP) is 4.02. The Balaban J connectivity index is 0.00000288. The van der Waals surface area contributed by atoms with Crippen molar-refractivity contribution >= 4 is 41.3 Å². The van der Waals surface area contributed by atoms with Gasteiger partial charge in [0.25, 0.3) is 0 Å². The summed E-state index contributed by atoms with van der Waals surface area (Å²) >= 11 is 1.70. The molecule has 0 aliphatic heterocycles. The quantitative estimate of drug-likeness (QED) is 0.404. The van der Waals surface area contributed by atoms with E-state index in [0.717, 1.165) is 42.7 Å². The van der Waals surface area contributed by atoms with Gasteiger partial charge in [0.2, 0.25) is 0 Å². The second-order valence-corrected chi connectivity index (χ2v) is 6.69. The molecule has 24 heavy (non-hydrogen) atoms. The van der Waals surface area contributed by atoms with Gasteiger partial charge in [-0.2, -0.15) is 0 Å². The van der Waals surface area contributed by atoms with Crippen LogP contribution in [0.3, 0.4) is 0 Å². The van der Waals surface area contributed by atoms with E-state index in [-0.39, 0.29) is 24.0 Å². The number of guanidine groups is 1. The molecule has 132 valence electrons. The van der Waals surface area contributed by atoms with Gasteiger partial charge in [-0.15, -0.1) is 35.3 Å². The van der Waals surface area contributed by atoms with Gasteiger partial charge in [-0.05, 0) is 31.9 Å². The number of halogens is 1. The van der Waals surface area contributed by atoms with Crippen molar-refractivity contribution in [3.63, 3.8) is 0 Å². The molecule has 2 rings (SSSR count). The van der Waals surface area contributed by atoms with Crippen LogP contribution in [0.4, 0.5) is 0 Å². The van der Waals surface area contributed by atoms with Crippen LogP contribution in [-0.4, -0.2) is 36.0 Å². The first kappa shape index (κ1) is 20.9. The van der Waals surface area contributed by atoms with E-state index in [9.17, 15) is 0 Å². The lowest BCUT2D eigenvalue weighted by atomic mass is 10.1. The number of thiazole rings is 1. The van der Waals surface area contributed by atoms with Crippen LogP contribution in [0.1, 0.15) is 28.8 Å². The zero-order valence-corrected chi connectivity index (χ0v) is 18.0. The minimum Gasteiger partial charge on any atom is -0.357 e. The maximum absolute atomic E-state index is 4.74. The van der Waals surface area contributed by atoms with Crippen molar-refractivity contribution in [3.05, 3.63) is 51.5 Å². The SMILES string of the molecule is CCNC(=NCCc1csc(C)n1)N(C)Cc1ccccc1C.I. The van der Waals surface area contributed by atoms with E-state index in [1.54, 1.807) is 11.3 Å². The highest BCUT2D eigenvalue weighted by Gasteiger charge is 2.08. The number of rotatable bonds is 6. The van der Waals surface area contributed by atoms with Gasteiger partial charge < -0.3 is 10.2 Å². The molecule has 0 aliphatic rings. The standard InChI is InChI=1S/C18H26N4S.HI/c1-5-19-18(20-11-10-17-13-23-15(3)21-17)22(4)12-16-9-7-6-8-14(16)2;/h6-9,13H,5,10-12H2,1-4H3,(H,19,20);1H. The van der Waals surface area contributed by atoms with E-state index in [1.807, 2.05) is 6.92 Å². The van der Waals surface area contributed by atoms with Gasteiger partial charge in [0.15, 0.2) is 5.96 Å². The van der Waals surface area contributed by atoms with Crippen LogP contribution in [0.2, 0.25) is 0 Å². The summed E-state index contributed by atoms with van der Waals surface area (Å²) in [5, 5.41) is 6.61. The third-order valence-electron chi connectivity index (χ3n) is 3.66. The molecule has 0 saturated heterocycles. The molecule has 2 aromatic rings. The molecular weight excluding hydrogens is 431 g/mol. The van der Waals surface area contributed by atoms with E-state index in [0.29, 0.717) is 0 Å². The summed E-state index contributed by atoms with van der Waals surface area (Å²) in [5.41, 5.74) is 3.78. The molecular formula is C18H27IN4S. The van der Waals surface area contributed by atoms with Crippen LogP contribution < -0.4 is 5.32 Å². The number of benzene rings is 1. The molecule has 0 atom stereocenters. The van der Waals surface area contributed by atoms with E-state index in [2.05, 4.69) is 65.7 Å². The minimum atomic E-state index is 0. The molecule has 0 radical (unpaired) electrons. The predicted molar refractivity (Wildman–Crippen MR) is 115 cm³/mol. The van der Waals surface area contributed by atoms with Crippen LogP contribution >= 0.6 is 35.3 Å². The normalized spacial score (nSPS) is 11.1. The van der Waals surface area contributed by atoms with E-state index in [1.165, 1.54) is 11.1 Å². The first-order valence-corrected chi connectivity index (χ1v) is 8.93. The highest BCUT2D eigenvalue weighted by atomic mass is 127. The molecule has 0 unspecified atom stereocenters. The lowest BCUT2D eigenvalue weighted by Crippen LogP contribution is -2.38.